The van der Waals surface area contributed by atoms with Gasteiger partial charge in [-0.25, -0.2) is 4.39 Å². The molecule has 1 aromatic carbocycles. The van der Waals surface area contributed by atoms with Gasteiger partial charge in [0.25, 0.3) is 0 Å². The molecule has 82 valence electrons. The van der Waals surface area contributed by atoms with Crippen molar-refractivity contribution < 1.29 is 4.39 Å². The third kappa shape index (κ3) is 2.85. The monoisotopic (exact) mass is 227 g/mol. The van der Waals surface area contributed by atoms with Crippen molar-refractivity contribution in [3.8, 4) is 0 Å². The second-order valence-corrected chi connectivity index (χ2v) is 4.52. The number of halogens is 2. The van der Waals surface area contributed by atoms with Crippen molar-refractivity contribution in [2.45, 2.75) is 38.1 Å². The molecule has 0 amide bonds. The van der Waals surface area contributed by atoms with Gasteiger partial charge < -0.3 is 5.32 Å². The summed E-state index contributed by atoms with van der Waals surface area (Å²) in [7, 11) is 0. The summed E-state index contributed by atoms with van der Waals surface area (Å²) in [6.07, 6.45) is 6.24. The highest BCUT2D eigenvalue weighted by Crippen LogP contribution is 2.24. The molecule has 0 bridgehead atoms. The van der Waals surface area contributed by atoms with Crippen LogP contribution in [0.2, 0.25) is 5.02 Å². The topological polar surface area (TPSA) is 12.0 Å². The first-order valence-electron chi connectivity index (χ1n) is 5.47. The summed E-state index contributed by atoms with van der Waals surface area (Å²) in [4.78, 5) is 0. The molecular formula is C12H15ClFN. The van der Waals surface area contributed by atoms with Crippen LogP contribution >= 0.6 is 11.6 Å². The summed E-state index contributed by atoms with van der Waals surface area (Å²) >= 11 is 5.62. The Labute approximate surface area is 94.6 Å². The molecule has 2 rings (SSSR count). The number of hydrogen-bond acceptors (Lipinski definition) is 1. The van der Waals surface area contributed by atoms with Gasteiger partial charge in [-0.05, 0) is 31.0 Å². The molecule has 1 aliphatic rings. The van der Waals surface area contributed by atoms with E-state index in [2.05, 4.69) is 5.32 Å². The van der Waals surface area contributed by atoms with E-state index in [1.807, 2.05) is 6.07 Å². The van der Waals surface area contributed by atoms with Crippen molar-refractivity contribution in [3.63, 3.8) is 0 Å². The van der Waals surface area contributed by atoms with E-state index in [0.29, 0.717) is 6.04 Å². The molecule has 3 heteroatoms. The van der Waals surface area contributed by atoms with E-state index in [4.69, 9.17) is 11.6 Å². The van der Waals surface area contributed by atoms with E-state index < -0.39 is 0 Å². The maximum atomic E-state index is 13.2. The average Bonchev–Trinajstić information content (AvgIpc) is 2.25. The predicted octanol–water partition coefficient (Wildman–Crippen LogP) is 4.22. The lowest BCUT2D eigenvalue weighted by Crippen LogP contribution is -2.22. The quantitative estimate of drug-likeness (QED) is 0.798. The zero-order chi connectivity index (χ0) is 10.7. The second-order valence-electron chi connectivity index (χ2n) is 4.11. The van der Waals surface area contributed by atoms with Crippen molar-refractivity contribution >= 4 is 17.3 Å². The van der Waals surface area contributed by atoms with Gasteiger partial charge in [0.2, 0.25) is 0 Å². The lowest BCUT2D eigenvalue weighted by atomic mass is 9.95. The van der Waals surface area contributed by atoms with E-state index in [1.165, 1.54) is 38.2 Å². The zero-order valence-corrected chi connectivity index (χ0v) is 9.36. The molecule has 0 aromatic heterocycles. The highest BCUT2D eigenvalue weighted by atomic mass is 35.5. The first kappa shape index (κ1) is 10.7. The Hall–Kier alpha value is -0.760. The first-order chi connectivity index (χ1) is 7.25. The number of hydrogen-bond donors (Lipinski definition) is 1. The molecule has 0 atom stereocenters. The van der Waals surface area contributed by atoms with Crippen molar-refractivity contribution in [2.75, 3.05) is 5.32 Å². The van der Waals surface area contributed by atoms with Crippen LogP contribution in [-0.4, -0.2) is 6.04 Å². The SMILES string of the molecule is Fc1cc(NC2CCCCC2)ccc1Cl. The van der Waals surface area contributed by atoms with Crippen LogP contribution in [0, 0.1) is 5.82 Å². The van der Waals surface area contributed by atoms with E-state index in [0.717, 1.165) is 5.69 Å². The molecular weight excluding hydrogens is 213 g/mol. The second kappa shape index (κ2) is 4.84. The number of benzene rings is 1. The van der Waals surface area contributed by atoms with Gasteiger partial charge in [0.05, 0.1) is 5.02 Å². The van der Waals surface area contributed by atoms with E-state index in [9.17, 15) is 4.39 Å². The molecule has 1 aromatic rings. The first-order valence-corrected chi connectivity index (χ1v) is 5.85. The summed E-state index contributed by atoms with van der Waals surface area (Å²) in [6.45, 7) is 0. The Kier molecular flexibility index (Phi) is 3.47. The lowest BCUT2D eigenvalue weighted by molar-refractivity contribution is 0.462. The Bertz CT molecular complexity index is 334. The highest BCUT2D eigenvalue weighted by Gasteiger charge is 2.13. The van der Waals surface area contributed by atoms with Gasteiger partial charge in [-0.1, -0.05) is 30.9 Å². The molecule has 1 nitrogen and oxygen atoms in total. The van der Waals surface area contributed by atoms with Gasteiger partial charge in [0, 0.05) is 11.7 Å². The maximum absolute atomic E-state index is 13.2. The largest absolute Gasteiger partial charge is 0.382 e. The molecule has 1 saturated carbocycles. The fourth-order valence-corrected chi connectivity index (χ4v) is 2.19. The van der Waals surface area contributed by atoms with Crippen LogP contribution in [0.3, 0.4) is 0 Å². The van der Waals surface area contributed by atoms with Gasteiger partial charge >= 0.3 is 0 Å². The van der Waals surface area contributed by atoms with Crippen molar-refractivity contribution in [1.82, 2.24) is 0 Å². The molecule has 0 radical (unpaired) electrons. The molecule has 0 aliphatic heterocycles. The third-order valence-electron chi connectivity index (χ3n) is 2.90. The lowest BCUT2D eigenvalue weighted by Gasteiger charge is -2.23. The van der Waals surface area contributed by atoms with Crippen LogP contribution in [0.1, 0.15) is 32.1 Å². The predicted molar refractivity (Wildman–Crippen MR) is 61.9 cm³/mol. The molecule has 1 aliphatic carbocycles. The third-order valence-corrected chi connectivity index (χ3v) is 3.20. The van der Waals surface area contributed by atoms with Gasteiger partial charge in [-0.3, -0.25) is 0 Å². The zero-order valence-electron chi connectivity index (χ0n) is 8.60. The number of nitrogens with one attached hydrogen (secondary N) is 1. The minimum absolute atomic E-state index is 0.184. The molecule has 1 N–H and O–H groups in total. The van der Waals surface area contributed by atoms with Crippen LogP contribution in [0.4, 0.5) is 10.1 Å². The summed E-state index contributed by atoms with van der Waals surface area (Å²) in [6, 6.07) is 5.40. The highest BCUT2D eigenvalue weighted by molar-refractivity contribution is 6.30. The van der Waals surface area contributed by atoms with E-state index >= 15 is 0 Å². The van der Waals surface area contributed by atoms with Crippen LogP contribution < -0.4 is 5.32 Å². The molecule has 1 fully saturated rings. The number of anilines is 1. The Morgan fingerprint density at radius 3 is 2.60 bits per heavy atom. The fourth-order valence-electron chi connectivity index (χ4n) is 2.07. The summed E-state index contributed by atoms with van der Waals surface area (Å²) in [5.41, 5.74) is 0.837. The molecule has 0 saturated heterocycles. The van der Waals surface area contributed by atoms with E-state index in [1.54, 1.807) is 6.07 Å². The van der Waals surface area contributed by atoms with Crippen LogP contribution in [0.15, 0.2) is 18.2 Å². The van der Waals surface area contributed by atoms with Crippen molar-refractivity contribution in [2.24, 2.45) is 0 Å². The van der Waals surface area contributed by atoms with Crippen molar-refractivity contribution in [1.29, 1.82) is 0 Å². The Morgan fingerprint density at radius 2 is 1.93 bits per heavy atom. The standard InChI is InChI=1S/C12H15ClFN/c13-11-7-6-10(8-12(11)14)15-9-4-2-1-3-5-9/h6-9,15H,1-5H2. The minimum atomic E-state index is -0.350. The number of rotatable bonds is 2. The normalized spacial score (nSPS) is 17.7. The average molecular weight is 228 g/mol. The maximum Gasteiger partial charge on any atom is 0.143 e. The minimum Gasteiger partial charge on any atom is -0.382 e. The van der Waals surface area contributed by atoms with Crippen LogP contribution in [-0.2, 0) is 0 Å². The molecule has 0 unspecified atom stereocenters. The smallest absolute Gasteiger partial charge is 0.143 e. The summed E-state index contributed by atoms with van der Waals surface area (Å²) < 4.78 is 13.2. The van der Waals surface area contributed by atoms with Gasteiger partial charge in [0.1, 0.15) is 5.82 Å². The Balaban J connectivity index is 2.00. The van der Waals surface area contributed by atoms with Gasteiger partial charge in [0.15, 0.2) is 0 Å². The van der Waals surface area contributed by atoms with Gasteiger partial charge in [-0.15, -0.1) is 0 Å². The molecule has 0 spiro atoms. The van der Waals surface area contributed by atoms with E-state index in [-0.39, 0.29) is 10.8 Å². The van der Waals surface area contributed by atoms with Crippen molar-refractivity contribution in [3.05, 3.63) is 29.0 Å². The fraction of sp³-hybridized carbons (Fsp3) is 0.500. The van der Waals surface area contributed by atoms with Gasteiger partial charge in [-0.2, -0.15) is 0 Å². The molecule has 15 heavy (non-hydrogen) atoms. The van der Waals surface area contributed by atoms with Crippen LogP contribution in [0.25, 0.3) is 0 Å². The summed E-state index contributed by atoms with van der Waals surface area (Å²) in [5.74, 6) is -0.350. The summed E-state index contributed by atoms with van der Waals surface area (Å²) in [5, 5.41) is 3.53. The van der Waals surface area contributed by atoms with Crippen LogP contribution in [0.5, 0.6) is 0 Å². The molecule has 0 heterocycles. The Morgan fingerprint density at radius 1 is 1.20 bits per heavy atom.